The number of nitrogens with zero attached hydrogens (tertiary/aromatic N) is 1. The average Bonchev–Trinajstić information content (AvgIpc) is 3.02. The summed E-state index contributed by atoms with van der Waals surface area (Å²) in [5, 5.41) is 5.41. The van der Waals surface area contributed by atoms with Gasteiger partial charge in [0.25, 0.3) is 0 Å². The fourth-order valence-corrected chi connectivity index (χ4v) is 4.21. The predicted molar refractivity (Wildman–Crippen MR) is 100 cm³/mol. The SMILES string of the molecule is CC(C)CC(NC(=O)CN1CCc2sccc2C1)c1ccccc1. The molecule has 1 aromatic heterocycles. The van der Waals surface area contributed by atoms with Crippen molar-refractivity contribution in [2.75, 3.05) is 13.1 Å². The fraction of sp³-hybridized carbons (Fsp3) is 0.450. The van der Waals surface area contributed by atoms with Crippen LogP contribution < -0.4 is 5.32 Å². The minimum atomic E-state index is 0.0974. The number of carbonyl (C=O) groups excluding carboxylic acids is 1. The zero-order chi connectivity index (χ0) is 16.9. The third-order valence-corrected chi connectivity index (χ3v) is 5.52. The Kier molecular flexibility index (Phi) is 5.69. The number of hydrogen-bond donors (Lipinski definition) is 1. The van der Waals surface area contributed by atoms with Gasteiger partial charge in [-0.2, -0.15) is 0 Å². The Hall–Kier alpha value is -1.65. The summed E-state index contributed by atoms with van der Waals surface area (Å²) >= 11 is 1.83. The molecule has 0 spiro atoms. The molecular formula is C20H26N2OS. The average molecular weight is 343 g/mol. The van der Waals surface area contributed by atoms with E-state index in [0.717, 1.165) is 25.9 Å². The highest BCUT2D eigenvalue weighted by Crippen LogP contribution is 2.24. The van der Waals surface area contributed by atoms with Crippen LogP contribution in [-0.4, -0.2) is 23.9 Å². The van der Waals surface area contributed by atoms with E-state index < -0.39 is 0 Å². The van der Waals surface area contributed by atoms with Crippen LogP contribution in [-0.2, 0) is 17.8 Å². The van der Waals surface area contributed by atoms with Gasteiger partial charge in [-0.3, -0.25) is 9.69 Å². The minimum Gasteiger partial charge on any atom is -0.348 e. The maximum atomic E-state index is 12.6. The summed E-state index contributed by atoms with van der Waals surface area (Å²) in [5.41, 5.74) is 2.58. The molecular weight excluding hydrogens is 316 g/mol. The Labute approximate surface area is 148 Å². The van der Waals surface area contributed by atoms with E-state index in [0.29, 0.717) is 12.5 Å². The molecule has 1 aromatic carbocycles. The number of amides is 1. The summed E-state index contributed by atoms with van der Waals surface area (Å²) in [6, 6.07) is 12.6. The first-order valence-electron chi connectivity index (χ1n) is 8.73. The molecule has 3 rings (SSSR count). The second kappa shape index (κ2) is 7.95. The van der Waals surface area contributed by atoms with Crippen molar-refractivity contribution in [3.63, 3.8) is 0 Å². The second-order valence-electron chi connectivity index (χ2n) is 6.99. The summed E-state index contributed by atoms with van der Waals surface area (Å²) < 4.78 is 0. The van der Waals surface area contributed by atoms with Gasteiger partial charge < -0.3 is 5.32 Å². The van der Waals surface area contributed by atoms with Crippen LogP contribution in [0.3, 0.4) is 0 Å². The lowest BCUT2D eigenvalue weighted by Gasteiger charge is -2.28. The van der Waals surface area contributed by atoms with Crippen molar-refractivity contribution in [1.29, 1.82) is 0 Å². The molecule has 0 saturated carbocycles. The van der Waals surface area contributed by atoms with Crippen LogP contribution in [0, 0.1) is 5.92 Å². The molecule has 1 aliphatic heterocycles. The van der Waals surface area contributed by atoms with Crippen LogP contribution in [0.1, 0.15) is 42.3 Å². The Morgan fingerprint density at radius 2 is 2.04 bits per heavy atom. The molecule has 1 N–H and O–H groups in total. The molecule has 24 heavy (non-hydrogen) atoms. The molecule has 2 aromatic rings. The van der Waals surface area contributed by atoms with Crippen molar-refractivity contribution >= 4 is 17.2 Å². The molecule has 0 saturated heterocycles. The molecule has 1 amide bonds. The first-order valence-corrected chi connectivity index (χ1v) is 9.61. The maximum Gasteiger partial charge on any atom is 0.234 e. The lowest BCUT2D eigenvalue weighted by Crippen LogP contribution is -2.41. The standard InChI is InChI=1S/C20H26N2OS/c1-15(2)12-18(16-6-4-3-5-7-16)21-20(23)14-22-10-8-19-17(13-22)9-11-24-19/h3-7,9,11,15,18H,8,10,12-14H2,1-2H3,(H,21,23). The molecule has 0 bridgehead atoms. The number of thiophene rings is 1. The quantitative estimate of drug-likeness (QED) is 0.860. The Morgan fingerprint density at radius 1 is 1.25 bits per heavy atom. The molecule has 1 aliphatic rings. The third kappa shape index (κ3) is 4.46. The Bertz CT molecular complexity index is 665. The van der Waals surface area contributed by atoms with E-state index in [2.05, 4.69) is 47.6 Å². The van der Waals surface area contributed by atoms with Crippen molar-refractivity contribution < 1.29 is 4.79 Å². The van der Waals surface area contributed by atoms with E-state index in [1.165, 1.54) is 16.0 Å². The normalized spacial score (nSPS) is 16.0. The molecule has 4 heteroatoms. The van der Waals surface area contributed by atoms with Crippen LogP contribution in [0.15, 0.2) is 41.8 Å². The summed E-state index contributed by atoms with van der Waals surface area (Å²) in [6.07, 6.45) is 2.03. The largest absolute Gasteiger partial charge is 0.348 e. The molecule has 128 valence electrons. The van der Waals surface area contributed by atoms with Crippen LogP contribution in [0.5, 0.6) is 0 Å². The lowest BCUT2D eigenvalue weighted by molar-refractivity contribution is -0.123. The molecule has 2 heterocycles. The third-order valence-electron chi connectivity index (χ3n) is 4.50. The molecule has 0 radical (unpaired) electrons. The van der Waals surface area contributed by atoms with Gasteiger partial charge in [0.05, 0.1) is 12.6 Å². The van der Waals surface area contributed by atoms with Crippen LogP contribution in [0.25, 0.3) is 0 Å². The highest BCUT2D eigenvalue weighted by molar-refractivity contribution is 7.10. The first kappa shape index (κ1) is 17.2. The first-order chi connectivity index (χ1) is 11.6. The summed E-state index contributed by atoms with van der Waals surface area (Å²) in [7, 11) is 0. The van der Waals surface area contributed by atoms with Crippen molar-refractivity contribution in [1.82, 2.24) is 10.2 Å². The highest BCUT2D eigenvalue weighted by atomic mass is 32.1. The van der Waals surface area contributed by atoms with Gasteiger partial charge in [-0.15, -0.1) is 11.3 Å². The minimum absolute atomic E-state index is 0.0974. The predicted octanol–water partition coefficient (Wildman–Crippen LogP) is 4.01. The lowest BCUT2D eigenvalue weighted by atomic mass is 9.97. The summed E-state index contributed by atoms with van der Waals surface area (Å²) in [5.74, 6) is 0.669. The van der Waals surface area contributed by atoms with Crippen molar-refractivity contribution in [3.8, 4) is 0 Å². The molecule has 1 atom stereocenters. The molecule has 0 aliphatic carbocycles. The topological polar surface area (TPSA) is 32.3 Å². The van der Waals surface area contributed by atoms with Gasteiger partial charge in [0, 0.05) is 18.0 Å². The van der Waals surface area contributed by atoms with Crippen molar-refractivity contribution in [2.24, 2.45) is 5.92 Å². The fourth-order valence-electron chi connectivity index (χ4n) is 3.32. The number of rotatable bonds is 6. The second-order valence-corrected chi connectivity index (χ2v) is 7.99. The van der Waals surface area contributed by atoms with Gasteiger partial charge in [0.1, 0.15) is 0 Å². The van der Waals surface area contributed by atoms with E-state index in [1.54, 1.807) is 0 Å². The van der Waals surface area contributed by atoms with Gasteiger partial charge >= 0.3 is 0 Å². The highest BCUT2D eigenvalue weighted by Gasteiger charge is 2.21. The summed E-state index contributed by atoms with van der Waals surface area (Å²) in [4.78, 5) is 16.3. The number of fused-ring (bicyclic) bond motifs is 1. The van der Waals surface area contributed by atoms with E-state index >= 15 is 0 Å². The van der Waals surface area contributed by atoms with E-state index in [1.807, 2.05) is 29.5 Å². The number of carbonyl (C=O) groups is 1. The van der Waals surface area contributed by atoms with Gasteiger partial charge in [0.15, 0.2) is 0 Å². The van der Waals surface area contributed by atoms with Crippen LogP contribution >= 0.6 is 11.3 Å². The smallest absolute Gasteiger partial charge is 0.234 e. The molecule has 1 unspecified atom stereocenters. The van der Waals surface area contributed by atoms with E-state index in [9.17, 15) is 4.79 Å². The number of benzene rings is 1. The van der Waals surface area contributed by atoms with Gasteiger partial charge in [-0.05, 0) is 41.3 Å². The van der Waals surface area contributed by atoms with Crippen molar-refractivity contribution in [3.05, 3.63) is 57.8 Å². The number of nitrogens with one attached hydrogen (secondary N) is 1. The summed E-state index contributed by atoms with van der Waals surface area (Å²) in [6.45, 7) is 6.75. The Morgan fingerprint density at radius 3 is 2.79 bits per heavy atom. The molecule has 0 fully saturated rings. The van der Waals surface area contributed by atoms with Gasteiger partial charge in [-0.1, -0.05) is 44.2 Å². The zero-order valence-corrected chi connectivity index (χ0v) is 15.3. The maximum absolute atomic E-state index is 12.6. The van der Waals surface area contributed by atoms with E-state index in [-0.39, 0.29) is 11.9 Å². The van der Waals surface area contributed by atoms with Crippen LogP contribution in [0.4, 0.5) is 0 Å². The van der Waals surface area contributed by atoms with E-state index in [4.69, 9.17) is 0 Å². The van der Waals surface area contributed by atoms with Crippen molar-refractivity contribution in [2.45, 2.75) is 39.3 Å². The Balaban J connectivity index is 1.59. The zero-order valence-electron chi connectivity index (χ0n) is 14.5. The van der Waals surface area contributed by atoms with Crippen LogP contribution in [0.2, 0.25) is 0 Å². The van der Waals surface area contributed by atoms with Gasteiger partial charge in [-0.25, -0.2) is 0 Å². The number of hydrogen-bond acceptors (Lipinski definition) is 3. The molecule has 3 nitrogen and oxygen atoms in total. The van der Waals surface area contributed by atoms with Gasteiger partial charge in [0.2, 0.25) is 5.91 Å². The monoisotopic (exact) mass is 342 g/mol.